The molecule has 6 nitrogen and oxygen atoms in total. The molecule has 140 valence electrons. The maximum atomic E-state index is 12.3. The second-order valence-electron chi connectivity index (χ2n) is 6.13. The van der Waals surface area contributed by atoms with Gasteiger partial charge < -0.3 is 20.3 Å². The predicted octanol–water partition coefficient (Wildman–Crippen LogP) is 3.31. The summed E-state index contributed by atoms with van der Waals surface area (Å²) in [6, 6.07) is 3.28. The van der Waals surface area contributed by atoms with Crippen LogP contribution in [0.2, 0.25) is 5.02 Å². The van der Waals surface area contributed by atoms with Crippen LogP contribution in [-0.2, 0) is 9.59 Å². The van der Waals surface area contributed by atoms with Crippen LogP contribution < -0.4 is 10.1 Å². The number of rotatable bonds is 10. The van der Waals surface area contributed by atoms with E-state index in [0.717, 1.165) is 12.8 Å². The summed E-state index contributed by atoms with van der Waals surface area (Å²) in [5.41, 5.74) is -0.782. The lowest BCUT2D eigenvalue weighted by Gasteiger charge is -2.27. The van der Waals surface area contributed by atoms with Crippen LogP contribution in [0.3, 0.4) is 0 Å². The van der Waals surface area contributed by atoms with Crippen molar-refractivity contribution in [1.82, 2.24) is 5.32 Å². The Morgan fingerprint density at radius 2 is 1.88 bits per heavy atom. The second kappa shape index (κ2) is 9.63. The SMILES string of the molecule is CCCC(O)(CCC)CC(=O)NC(C(=O)O)c1ccc(OC)c(Cl)c1. The topological polar surface area (TPSA) is 95.9 Å². The predicted molar refractivity (Wildman–Crippen MR) is 95.9 cm³/mol. The maximum Gasteiger partial charge on any atom is 0.330 e. The van der Waals surface area contributed by atoms with Crippen LogP contribution in [0.25, 0.3) is 0 Å². The van der Waals surface area contributed by atoms with E-state index >= 15 is 0 Å². The van der Waals surface area contributed by atoms with Gasteiger partial charge in [0.05, 0.1) is 24.2 Å². The first-order valence-electron chi connectivity index (χ1n) is 8.34. The minimum Gasteiger partial charge on any atom is -0.495 e. The van der Waals surface area contributed by atoms with Crippen LogP contribution >= 0.6 is 11.6 Å². The molecule has 0 aliphatic rings. The number of carbonyl (C=O) groups excluding carboxylic acids is 1. The molecule has 7 heteroatoms. The van der Waals surface area contributed by atoms with Gasteiger partial charge in [0.25, 0.3) is 0 Å². The number of hydrogen-bond donors (Lipinski definition) is 3. The largest absolute Gasteiger partial charge is 0.495 e. The number of methoxy groups -OCH3 is 1. The van der Waals surface area contributed by atoms with Gasteiger partial charge in [-0.3, -0.25) is 4.79 Å². The van der Waals surface area contributed by atoms with Crippen molar-refractivity contribution in [3.63, 3.8) is 0 Å². The minimum absolute atomic E-state index is 0.137. The average Bonchev–Trinajstić information content (AvgIpc) is 2.52. The fraction of sp³-hybridized carbons (Fsp3) is 0.556. The van der Waals surface area contributed by atoms with Crippen molar-refractivity contribution in [3.8, 4) is 5.75 Å². The highest BCUT2D eigenvalue weighted by Crippen LogP contribution is 2.28. The number of ether oxygens (including phenoxy) is 1. The van der Waals surface area contributed by atoms with E-state index in [1.807, 2.05) is 13.8 Å². The molecular weight excluding hydrogens is 346 g/mol. The molecule has 0 saturated carbocycles. The monoisotopic (exact) mass is 371 g/mol. The number of nitrogens with one attached hydrogen (secondary N) is 1. The first kappa shape index (κ1) is 21.3. The smallest absolute Gasteiger partial charge is 0.330 e. The summed E-state index contributed by atoms with van der Waals surface area (Å²) in [6.45, 7) is 3.86. The third-order valence-corrected chi connectivity index (χ3v) is 4.28. The normalized spacial score (nSPS) is 12.5. The molecule has 1 atom stereocenters. The summed E-state index contributed by atoms with van der Waals surface area (Å²) in [4.78, 5) is 23.9. The maximum absolute atomic E-state index is 12.3. The van der Waals surface area contributed by atoms with Gasteiger partial charge in [-0.1, -0.05) is 44.4 Å². The third kappa shape index (κ3) is 6.21. The van der Waals surface area contributed by atoms with Gasteiger partial charge in [-0.15, -0.1) is 0 Å². The number of benzene rings is 1. The number of carboxylic acids is 1. The van der Waals surface area contributed by atoms with Gasteiger partial charge in [0.1, 0.15) is 5.75 Å². The van der Waals surface area contributed by atoms with Crippen molar-refractivity contribution < 1.29 is 24.5 Å². The van der Waals surface area contributed by atoms with E-state index in [0.29, 0.717) is 24.2 Å². The zero-order chi connectivity index (χ0) is 19.0. The quantitative estimate of drug-likeness (QED) is 0.586. The van der Waals surface area contributed by atoms with Crippen molar-refractivity contribution in [2.24, 2.45) is 0 Å². The van der Waals surface area contributed by atoms with Gasteiger partial charge >= 0.3 is 5.97 Å². The number of carboxylic acid groups (broad SMARTS) is 1. The van der Waals surface area contributed by atoms with Crippen molar-refractivity contribution >= 4 is 23.5 Å². The molecule has 3 N–H and O–H groups in total. The number of hydrogen-bond acceptors (Lipinski definition) is 4. The molecule has 0 heterocycles. The molecule has 0 spiro atoms. The van der Waals surface area contributed by atoms with E-state index in [2.05, 4.69) is 5.32 Å². The van der Waals surface area contributed by atoms with E-state index in [1.54, 1.807) is 6.07 Å². The molecular formula is C18H26ClNO5. The summed E-state index contributed by atoms with van der Waals surface area (Å²) < 4.78 is 5.04. The molecule has 0 aromatic heterocycles. The molecule has 0 radical (unpaired) electrons. The van der Waals surface area contributed by atoms with Gasteiger partial charge in [0, 0.05) is 0 Å². The Morgan fingerprint density at radius 1 is 1.28 bits per heavy atom. The number of amides is 1. The van der Waals surface area contributed by atoms with Crippen molar-refractivity contribution in [3.05, 3.63) is 28.8 Å². The van der Waals surface area contributed by atoms with Crippen molar-refractivity contribution in [2.45, 2.75) is 57.6 Å². The molecule has 0 fully saturated rings. The van der Waals surface area contributed by atoms with Gasteiger partial charge in [-0.25, -0.2) is 4.79 Å². The summed E-state index contributed by atoms with van der Waals surface area (Å²) in [6.07, 6.45) is 2.31. The fourth-order valence-corrected chi connectivity index (χ4v) is 3.16. The lowest BCUT2D eigenvalue weighted by molar-refractivity contribution is -0.143. The molecule has 25 heavy (non-hydrogen) atoms. The lowest BCUT2D eigenvalue weighted by Crippen LogP contribution is -2.40. The van der Waals surface area contributed by atoms with Crippen LogP contribution in [0, 0.1) is 0 Å². The van der Waals surface area contributed by atoms with E-state index in [1.165, 1.54) is 19.2 Å². The summed E-state index contributed by atoms with van der Waals surface area (Å²) in [5, 5.41) is 22.7. The van der Waals surface area contributed by atoms with Crippen LogP contribution in [-0.4, -0.2) is 34.8 Å². The van der Waals surface area contributed by atoms with Crippen molar-refractivity contribution in [1.29, 1.82) is 0 Å². The molecule has 0 aliphatic heterocycles. The first-order chi connectivity index (χ1) is 11.8. The van der Waals surface area contributed by atoms with Crippen LogP contribution in [0.1, 0.15) is 57.6 Å². The van der Waals surface area contributed by atoms with Crippen molar-refractivity contribution in [2.75, 3.05) is 7.11 Å². The number of halogens is 1. The van der Waals surface area contributed by atoms with Gasteiger partial charge in [-0.05, 0) is 30.5 Å². The Labute approximate surface area is 153 Å². The Kier molecular flexibility index (Phi) is 8.19. The van der Waals surface area contributed by atoms with Gasteiger partial charge in [-0.2, -0.15) is 0 Å². The number of aliphatic carboxylic acids is 1. The van der Waals surface area contributed by atoms with E-state index in [-0.39, 0.29) is 11.4 Å². The third-order valence-electron chi connectivity index (χ3n) is 3.98. The average molecular weight is 372 g/mol. The zero-order valence-electron chi connectivity index (χ0n) is 14.8. The summed E-state index contributed by atoms with van der Waals surface area (Å²) in [5.74, 6) is -1.30. The standard InChI is InChI=1S/C18H26ClNO5/c1-4-8-18(24,9-5-2)11-15(21)20-16(17(22)23)12-6-7-14(25-3)13(19)10-12/h6-7,10,16,24H,4-5,8-9,11H2,1-3H3,(H,20,21)(H,22,23). The highest BCUT2D eigenvalue weighted by molar-refractivity contribution is 6.32. The van der Waals surface area contributed by atoms with E-state index in [4.69, 9.17) is 16.3 Å². The molecule has 0 bridgehead atoms. The Morgan fingerprint density at radius 3 is 2.32 bits per heavy atom. The summed E-state index contributed by atoms with van der Waals surface area (Å²) >= 11 is 6.03. The number of aliphatic hydroxyl groups is 1. The fourth-order valence-electron chi connectivity index (χ4n) is 2.89. The van der Waals surface area contributed by atoms with Crippen LogP contribution in [0.15, 0.2) is 18.2 Å². The second-order valence-corrected chi connectivity index (χ2v) is 6.54. The van der Waals surface area contributed by atoms with Gasteiger partial charge in [0.2, 0.25) is 5.91 Å². The Hall–Kier alpha value is -1.79. The van der Waals surface area contributed by atoms with Crippen LogP contribution in [0.5, 0.6) is 5.75 Å². The molecule has 0 aliphatic carbocycles. The van der Waals surface area contributed by atoms with E-state index in [9.17, 15) is 19.8 Å². The first-order valence-corrected chi connectivity index (χ1v) is 8.72. The highest BCUT2D eigenvalue weighted by atomic mass is 35.5. The lowest BCUT2D eigenvalue weighted by atomic mass is 9.89. The summed E-state index contributed by atoms with van der Waals surface area (Å²) in [7, 11) is 1.46. The molecule has 1 aromatic carbocycles. The Bertz CT molecular complexity index is 599. The minimum atomic E-state index is -1.25. The Balaban J connectivity index is 2.92. The molecule has 0 saturated heterocycles. The molecule has 1 unspecified atom stereocenters. The zero-order valence-corrected chi connectivity index (χ0v) is 15.6. The molecule has 1 rings (SSSR count). The van der Waals surface area contributed by atoms with E-state index < -0.39 is 23.5 Å². The van der Waals surface area contributed by atoms with Crippen LogP contribution in [0.4, 0.5) is 0 Å². The molecule has 1 aromatic rings. The number of carbonyl (C=O) groups is 2. The highest BCUT2D eigenvalue weighted by Gasteiger charge is 2.31. The molecule has 1 amide bonds. The van der Waals surface area contributed by atoms with Gasteiger partial charge in [0.15, 0.2) is 6.04 Å².